The number of carboxylic acid groups (broad SMARTS) is 1. The lowest BCUT2D eigenvalue weighted by Gasteiger charge is -2.04. The quantitative estimate of drug-likeness (QED) is 0.851. The maximum Gasteiger partial charge on any atom is 0.347 e. The highest BCUT2D eigenvalue weighted by Gasteiger charge is 2.37. The molecule has 1 fully saturated rings. The number of aromatic carboxylic acids is 1. The lowest BCUT2D eigenvalue weighted by Crippen LogP contribution is -2.27. The van der Waals surface area contributed by atoms with Crippen LogP contribution < -0.4 is 4.72 Å². The van der Waals surface area contributed by atoms with Gasteiger partial charge < -0.3 is 5.11 Å². The average Bonchev–Trinajstić information content (AvgIpc) is 2.71. The van der Waals surface area contributed by atoms with Crippen LogP contribution in [0.1, 0.15) is 23.0 Å². The zero-order chi connectivity index (χ0) is 11.9. The zero-order valence-electron chi connectivity index (χ0n) is 8.50. The van der Waals surface area contributed by atoms with Gasteiger partial charge in [-0.1, -0.05) is 6.92 Å². The first-order chi connectivity index (χ1) is 7.42. The monoisotopic (exact) mass is 261 g/mol. The number of nitrogens with one attached hydrogen (secondary N) is 1. The third-order valence-electron chi connectivity index (χ3n) is 2.53. The number of sulfonamides is 1. The molecule has 7 heteroatoms. The van der Waals surface area contributed by atoms with Crippen molar-refractivity contribution in [2.75, 3.05) is 0 Å². The summed E-state index contributed by atoms with van der Waals surface area (Å²) in [6, 6.07) is 1.27. The number of thiophene rings is 1. The van der Waals surface area contributed by atoms with Gasteiger partial charge in [0, 0.05) is 6.04 Å². The molecule has 1 aliphatic carbocycles. The molecule has 0 radical (unpaired) electrons. The molecule has 2 N–H and O–H groups in total. The Morgan fingerprint density at radius 2 is 2.25 bits per heavy atom. The maximum absolute atomic E-state index is 11.8. The second-order valence-electron chi connectivity index (χ2n) is 3.86. The smallest absolute Gasteiger partial charge is 0.347 e. The molecule has 16 heavy (non-hydrogen) atoms. The van der Waals surface area contributed by atoms with Crippen LogP contribution in [0.3, 0.4) is 0 Å². The van der Waals surface area contributed by atoms with E-state index in [1.54, 1.807) is 0 Å². The zero-order valence-corrected chi connectivity index (χ0v) is 10.1. The second-order valence-corrected chi connectivity index (χ2v) is 6.46. The van der Waals surface area contributed by atoms with Crippen molar-refractivity contribution in [3.63, 3.8) is 0 Å². The molecule has 0 saturated heterocycles. The van der Waals surface area contributed by atoms with Gasteiger partial charge in [0.25, 0.3) is 0 Å². The van der Waals surface area contributed by atoms with Crippen molar-refractivity contribution in [1.29, 1.82) is 0 Å². The molecule has 1 aromatic heterocycles. The lowest BCUT2D eigenvalue weighted by molar-refractivity contribution is 0.0698. The van der Waals surface area contributed by atoms with E-state index < -0.39 is 16.0 Å². The van der Waals surface area contributed by atoms with Crippen molar-refractivity contribution in [2.45, 2.75) is 24.3 Å². The normalized spacial score (nSPS) is 24.3. The Morgan fingerprint density at radius 1 is 1.62 bits per heavy atom. The Morgan fingerprint density at radius 3 is 2.75 bits per heavy atom. The summed E-state index contributed by atoms with van der Waals surface area (Å²) in [4.78, 5) is 10.5. The van der Waals surface area contributed by atoms with Crippen molar-refractivity contribution >= 4 is 27.3 Å². The number of hydrogen-bond acceptors (Lipinski definition) is 4. The van der Waals surface area contributed by atoms with Gasteiger partial charge in [0.1, 0.15) is 9.77 Å². The molecule has 2 unspecified atom stereocenters. The summed E-state index contributed by atoms with van der Waals surface area (Å²) in [5, 5.41) is 10.3. The first kappa shape index (κ1) is 11.6. The summed E-state index contributed by atoms with van der Waals surface area (Å²) in [6.07, 6.45) is 0.811. The number of hydrogen-bond donors (Lipinski definition) is 2. The summed E-state index contributed by atoms with van der Waals surface area (Å²) in [6.45, 7) is 1.94. The van der Waals surface area contributed by atoms with Crippen LogP contribution in [0.25, 0.3) is 0 Å². The molecule has 5 nitrogen and oxygen atoms in total. The highest BCUT2D eigenvalue weighted by Crippen LogP contribution is 2.31. The molecule has 1 saturated carbocycles. The fourth-order valence-corrected chi connectivity index (χ4v) is 4.03. The van der Waals surface area contributed by atoms with Crippen molar-refractivity contribution in [3.8, 4) is 0 Å². The van der Waals surface area contributed by atoms with Crippen molar-refractivity contribution in [3.05, 3.63) is 16.3 Å². The minimum atomic E-state index is -3.68. The van der Waals surface area contributed by atoms with E-state index in [2.05, 4.69) is 4.72 Å². The van der Waals surface area contributed by atoms with E-state index in [-0.39, 0.29) is 15.8 Å². The van der Waals surface area contributed by atoms with Crippen LogP contribution in [0.2, 0.25) is 0 Å². The predicted molar refractivity (Wildman–Crippen MR) is 59.2 cm³/mol. The molecular formula is C9H11NO4S2. The van der Waals surface area contributed by atoms with E-state index in [1.807, 2.05) is 6.92 Å². The Bertz CT molecular complexity index is 519. The maximum atomic E-state index is 11.8. The van der Waals surface area contributed by atoms with Gasteiger partial charge in [-0.3, -0.25) is 0 Å². The molecule has 0 aliphatic heterocycles. The Hall–Kier alpha value is -0.920. The van der Waals surface area contributed by atoms with Crippen LogP contribution in [-0.4, -0.2) is 25.5 Å². The van der Waals surface area contributed by atoms with Crippen molar-refractivity contribution < 1.29 is 18.3 Å². The van der Waals surface area contributed by atoms with Crippen LogP contribution in [0, 0.1) is 5.92 Å². The number of rotatable bonds is 4. The number of carbonyl (C=O) groups is 1. The van der Waals surface area contributed by atoms with Crippen LogP contribution in [0.15, 0.2) is 16.3 Å². The fourth-order valence-electron chi connectivity index (χ4n) is 1.41. The van der Waals surface area contributed by atoms with E-state index in [4.69, 9.17) is 5.11 Å². The predicted octanol–water partition coefficient (Wildman–Crippen LogP) is 1.13. The van der Waals surface area contributed by atoms with Gasteiger partial charge >= 0.3 is 5.97 Å². The Balaban J connectivity index is 2.28. The van der Waals surface area contributed by atoms with Gasteiger partial charge in [-0.2, -0.15) is 0 Å². The minimum absolute atomic E-state index is 0.0495. The first-order valence-corrected chi connectivity index (χ1v) is 7.11. The first-order valence-electron chi connectivity index (χ1n) is 4.75. The van der Waals surface area contributed by atoms with Gasteiger partial charge in [0.2, 0.25) is 10.0 Å². The lowest BCUT2D eigenvalue weighted by atomic mass is 10.5. The molecule has 1 heterocycles. The second kappa shape index (κ2) is 3.83. The topological polar surface area (TPSA) is 83.5 Å². The van der Waals surface area contributed by atoms with Crippen molar-refractivity contribution in [2.24, 2.45) is 5.92 Å². The fraction of sp³-hybridized carbons (Fsp3) is 0.444. The Labute approximate surface area is 97.2 Å². The van der Waals surface area contributed by atoms with Gasteiger partial charge in [0.15, 0.2) is 0 Å². The van der Waals surface area contributed by atoms with Gasteiger partial charge in [-0.15, -0.1) is 11.3 Å². The molecular weight excluding hydrogens is 250 g/mol. The molecule has 2 rings (SSSR count). The largest absolute Gasteiger partial charge is 0.477 e. The SMILES string of the molecule is CC1CC1NS(=O)(=O)c1ccsc1C(=O)O. The molecule has 0 aromatic carbocycles. The summed E-state index contributed by atoms with van der Waals surface area (Å²) in [5.74, 6) is -0.874. The van der Waals surface area contributed by atoms with E-state index in [0.717, 1.165) is 17.8 Å². The molecule has 0 bridgehead atoms. The summed E-state index contributed by atoms with van der Waals surface area (Å²) < 4.78 is 26.2. The van der Waals surface area contributed by atoms with E-state index >= 15 is 0 Å². The summed E-state index contributed by atoms with van der Waals surface area (Å²) in [5.41, 5.74) is 0. The van der Waals surface area contributed by atoms with Crippen molar-refractivity contribution in [1.82, 2.24) is 4.72 Å². The van der Waals surface area contributed by atoms with Gasteiger partial charge in [0.05, 0.1) is 0 Å². The van der Waals surface area contributed by atoms with Crippen LogP contribution >= 0.6 is 11.3 Å². The highest BCUT2D eigenvalue weighted by molar-refractivity contribution is 7.89. The minimum Gasteiger partial charge on any atom is -0.477 e. The van der Waals surface area contributed by atoms with Crippen LogP contribution in [0.5, 0.6) is 0 Å². The highest BCUT2D eigenvalue weighted by atomic mass is 32.2. The summed E-state index contributed by atoms with van der Waals surface area (Å²) >= 11 is 0.914. The number of carboxylic acids is 1. The Kier molecular flexibility index (Phi) is 2.77. The molecule has 2 atom stereocenters. The molecule has 0 spiro atoms. The summed E-state index contributed by atoms with van der Waals surface area (Å²) in [7, 11) is -3.68. The molecule has 1 aromatic rings. The molecule has 88 valence electrons. The van der Waals surface area contributed by atoms with Crippen LogP contribution in [-0.2, 0) is 10.0 Å². The van der Waals surface area contributed by atoms with E-state index in [9.17, 15) is 13.2 Å². The van der Waals surface area contributed by atoms with E-state index in [1.165, 1.54) is 11.4 Å². The van der Waals surface area contributed by atoms with Gasteiger partial charge in [-0.25, -0.2) is 17.9 Å². The molecule has 1 aliphatic rings. The average molecular weight is 261 g/mol. The molecule has 0 amide bonds. The standard InChI is InChI=1S/C9H11NO4S2/c1-5-4-6(5)10-16(13,14)7-2-3-15-8(7)9(11)12/h2-3,5-6,10H,4H2,1H3,(H,11,12). The van der Waals surface area contributed by atoms with E-state index in [0.29, 0.717) is 5.92 Å². The third kappa shape index (κ3) is 2.11. The third-order valence-corrected chi connectivity index (χ3v) is 5.09. The van der Waals surface area contributed by atoms with Crippen LogP contribution in [0.4, 0.5) is 0 Å². The van der Waals surface area contributed by atoms with Gasteiger partial charge in [-0.05, 0) is 23.8 Å².